The van der Waals surface area contributed by atoms with Gasteiger partial charge in [0.25, 0.3) is 0 Å². The van der Waals surface area contributed by atoms with Crippen LogP contribution in [0, 0.1) is 5.82 Å². The summed E-state index contributed by atoms with van der Waals surface area (Å²) in [6.07, 6.45) is 2.39. The molecular formula is C17H16Cl2FN3O. The van der Waals surface area contributed by atoms with Crippen molar-refractivity contribution in [1.82, 2.24) is 10.3 Å². The molecule has 1 aliphatic rings. The van der Waals surface area contributed by atoms with E-state index in [1.165, 1.54) is 12.1 Å². The summed E-state index contributed by atoms with van der Waals surface area (Å²) in [4.78, 5) is 18.5. The number of nitrogens with zero attached hydrogens (tertiary/aromatic N) is 2. The maximum atomic E-state index is 13.8. The first-order chi connectivity index (χ1) is 11.5. The second-order valence-corrected chi connectivity index (χ2v) is 6.50. The molecule has 1 fully saturated rings. The van der Waals surface area contributed by atoms with Gasteiger partial charge in [0.05, 0.1) is 11.4 Å². The highest BCUT2D eigenvalue weighted by atomic mass is 35.5. The van der Waals surface area contributed by atoms with Gasteiger partial charge in [0, 0.05) is 35.9 Å². The minimum atomic E-state index is -0.467. The van der Waals surface area contributed by atoms with E-state index in [-0.39, 0.29) is 29.0 Å². The first kappa shape index (κ1) is 17.0. The number of carbonyl (C=O) groups excluding carboxylic acids is 1. The molecule has 1 N–H and O–H groups in total. The Hall–Kier alpha value is -1.85. The molecule has 126 valence electrons. The van der Waals surface area contributed by atoms with Crippen LogP contribution in [-0.2, 0) is 11.2 Å². The molecule has 1 aliphatic heterocycles. The van der Waals surface area contributed by atoms with Crippen LogP contribution in [0.5, 0.6) is 0 Å². The summed E-state index contributed by atoms with van der Waals surface area (Å²) < 4.78 is 13.8. The van der Waals surface area contributed by atoms with E-state index in [1.807, 2.05) is 4.90 Å². The molecule has 3 rings (SSSR count). The van der Waals surface area contributed by atoms with Crippen LogP contribution < -0.4 is 10.2 Å². The van der Waals surface area contributed by atoms with E-state index in [0.29, 0.717) is 17.4 Å². The van der Waals surface area contributed by atoms with E-state index >= 15 is 0 Å². The van der Waals surface area contributed by atoms with Crippen LogP contribution in [0.1, 0.15) is 12.0 Å². The summed E-state index contributed by atoms with van der Waals surface area (Å²) >= 11 is 12.1. The van der Waals surface area contributed by atoms with Crippen molar-refractivity contribution in [2.45, 2.75) is 18.9 Å². The quantitative estimate of drug-likeness (QED) is 0.899. The maximum absolute atomic E-state index is 13.8. The van der Waals surface area contributed by atoms with Crippen LogP contribution in [0.25, 0.3) is 0 Å². The summed E-state index contributed by atoms with van der Waals surface area (Å²) in [5.41, 5.74) is 0.222. The number of carbonyl (C=O) groups is 1. The lowest BCUT2D eigenvalue weighted by atomic mass is 10.1. The fourth-order valence-corrected chi connectivity index (χ4v) is 3.29. The monoisotopic (exact) mass is 367 g/mol. The lowest BCUT2D eigenvalue weighted by Crippen LogP contribution is -2.38. The van der Waals surface area contributed by atoms with Gasteiger partial charge >= 0.3 is 0 Å². The summed E-state index contributed by atoms with van der Waals surface area (Å²) in [6.45, 7) is 1.37. The SMILES string of the molecule is O=C(Cc1c(F)cccc1Cl)NC1CCN(c2ncccc2Cl)C1. The van der Waals surface area contributed by atoms with Gasteiger partial charge in [-0.25, -0.2) is 9.37 Å². The Morgan fingerprint density at radius 3 is 2.83 bits per heavy atom. The van der Waals surface area contributed by atoms with Crippen LogP contribution in [0.2, 0.25) is 10.0 Å². The number of aromatic nitrogens is 1. The van der Waals surface area contributed by atoms with Crippen molar-refractivity contribution >= 4 is 34.9 Å². The Balaban J connectivity index is 1.60. The zero-order chi connectivity index (χ0) is 17.1. The molecule has 0 bridgehead atoms. The standard InChI is InChI=1S/C17H16Cl2FN3O/c18-13-3-1-5-15(20)12(13)9-16(24)22-11-6-8-23(10-11)17-14(19)4-2-7-21-17/h1-5,7,11H,6,8-10H2,(H,22,24). The van der Waals surface area contributed by atoms with Gasteiger partial charge in [-0.3, -0.25) is 4.79 Å². The van der Waals surface area contributed by atoms with Gasteiger partial charge in [0.1, 0.15) is 11.6 Å². The van der Waals surface area contributed by atoms with Crippen molar-refractivity contribution in [2.24, 2.45) is 0 Å². The van der Waals surface area contributed by atoms with Gasteiger partial charge < -0.3 is 10.2 Å². The van der Waals surface area contributed by atoms with Crippen molar-refractivity contribution in [3.8, 4) is 0 Å². The van der Waals surface area contributed by atoms with Crippen molar-refractivity contribution in [2.75, 3.05) is 18.0 Å². The fourth-order valence-electron chi connectivity index (χ4n) is 2.82. The molecular weight excluding hydrogens is 352 g/mol. The van der Waals surface area contributed by atoms with Crippen molar-refractivity contribution < 1.29 is 9.18 Å². The lowest BCUT2D eigenvalue weighted by molar-refractivity contribution is -0.121. The van der Waals surface area contributed by atoms with Crippen molar-refractivity contribution in [1.29, 1.82) is 0 Å². The van der Waals surface area contributed by atoms with Crippen LogP contribution in [-0.4, -0.2) is 30.0 Å². The summed E-state index contributed by atoms with van der Waals surface area (Å²) in [7, 11) is 0. The highest BCUT2D eigenvalue weighted by Crippen LogP contribution is 2.26. The van der Waals surface area contributed by atoms with Crippen molar-refractivity contribution in [3.05, 3.63) is 58.0 Å². The highest BCUT2D eigenvalue weighted by Gasteiger charge is 2.26. The topological polar surface area (TPSA) is 45.2 Å². The molecule has 2 heterocycles. The third-order valence-electron chi connectivity index (χ3n) is 3.99. The largest absolute Gasteiger partial charge is 0.353 e. The number of anilines is 1. The second-order valence-electron chi connectivity index (χ2n) is 5.68. The molecule has 0 radical (unpaired) electrons. The average Bonchev–Trinajstić information content (AvgIpc) is 3.00. The maximum Gasteiger partial charge on any atom is 0.224 e. The number of benzene rings is 1. The minimum absolute atomic E-state index is 0.0267. The molecule has 1 unspecified atom stereocenters. The Morgan fingerprint density at radius 2 is 2.08 bits per heavy atom. The number of nitrogens with one attached hydrogen (secondary N) is 1. The van der Waals surface area contributed by atoms with Crippen LogP contribution in [0.4, 0.5) is 10.2 Å². The van der Waals surface area contributed by atoms with E-state index in [1.54, 1.807) is 24.4 Å². The van der Waals surface area contributed by atoms with Gasteiger partial charge in [-0.05, 0) is 30.7 Å². The summed E-state index contributed by atoms with van der Waals surface area (Å²) in [5.74, 6) is -0.00000227. The first-order valence-electron chi connectivity index (χ1n) is 7.62. The summed E-state index contributed by atoms with van der Waals surface area (Å²) in [6, 6.07) is 7.93. The third kappa shape index (κ3) is 3.79. The normalized spacial score (nSPS) is 17.1. The highest BCUT2D eigenvalue weighted by molar-refractivity contribution is 6.33. The van der Waals surface area contributed by atoms with E-state index in [4.69, 9.17) is 23.2 Å². The first-order valence-corrected chi connectivity index (χ1v) is 8.38. The van der Waals surface area contributed by atoms with E-state index < -0.39 is 5.82 Å². The molecule has 7 heteroatoms. The molecule has 1 saturated heterocycles. The molecule has 2 aromatic rings. The molecule has 0 spiro atoms. The molecule has 1 atom stereocenters. The van der Waals surface area contributed by atoms with Gasteiger partial charge in [-0.2, -0.15) is 0 Å². The molecule has 1 amide bonds. The zero-order valence-corrected chi connectivity index (χ0v) is 14.3. The minimum Gasteiger partial charge on any atom is -0.353 e. The number of pyridine rings is 1. The molecule has 4 nitrogen and oxygen atoms in total. The number of rotatable bonds is 4. The van der Waals surface area contributed by atoms with E-state index in [2.05, 4.69) is 10.3 Å². The third-order valence-corrected chi connectivity index (χ3v) is 4.64. The molecule has 1 aromatic carbocycles. The van der Waals surface area contributed by atoms with E-state index in [0.717, 1.165) is 13.0 Å². The molecule has 0 saturated carbocycles. The fraction of sp³-hybridized carbons (Fsp3) is 0.294. The van der Waals surface area contributed by atoms with Crippen molar-refractivity contribution in [3.63, 3.8) is 0 Å². The van der Waals surface area contributed by atoms with Gasteiger partial charge in [-0.1, -0.05) is 29.3 Å². The predicted molar refractivity (Wildman–Crippen MR) is 93.1 cm³/mol. The van der Waals surface area contributed by atoms with Crippen LogP contribution in [0.15, 0.2) is 36.5 Å². The molecule has 24 heavy (non-hydrogen) atoms. The second kappa shape index (κ2) is 7.36. The average molecular weight is 368 g/mol. The Bertz CT molecular complexity index is 736. The van der Waals surface area contributed by atoms with Crippen LogP contribution >= 0.6 is 23.2 Å². The summed E-state index contributed by atoms with van der Waals surface area (Å²) in [5, 5.41) is 3.77. The van der Waals surface area contributed by atoms with E-state index in [9.17, 15) is 9.18 Å². The number of amides is 1. The Morgan fingerprint density at radius 1 is 1.29 bits per heavy atom. The Kier molecular flexibility index (Phi) is 5.21. The Labute approximate surface area is 149 Å². The van der Waals surface area contributed by atoms with Gasteiger partial charge in [0.2, 0.25) is 5.91 Å². The number of hydrogen-bond acceptors (Lipinski definition) is 3. The smallest absolute Gasteiger partial charge is 0.224 e. The molecule has 0 aliphatic carbocycles. The number of halogens is 3. The predicted octanol–water partition coefficient (Wildman–Crippen LogP) is 3.47. The van der Waals surface area contributed by atoms with Crippen LogP contribution in [0.3, 0.4) is 0 Å². The lowest BCUT2D eigenvalue weighted by Gasteiger charge is -2.19. The zero-order valence-electron chi connectivity index (χ0n) is 12.8. The van der Waals surface area contributed by atoms with Gasteiger partial charge in [0.15, 0.2) is 0 Å². The molecule has 1 aromatic heterocycles. The van der Waals surface area contributed by atoms with Gasteiger partial charge in [-0.15, -0.1) is 0 Å². The number of hydrogen-bond donors (Lipinski definition) is 1.